The van der Waals surface area contributed by atoms with Crippen LogP contribution in [-0.2, 0) is 5.41 Å². The van der Waals surface area contributed by atoms with Crippen LogP contribution in [0, 0.1) is 0 Å². The van der Waals surface area contributed by atoms with Crippen molar-refractivity contribution in [2.24, 2.45) is 0 Å². The monoisotopic (exact) mass is 523 g/mol. The van der Waals surface area contributed by atoms with Crippen LogP contribution in [-0.4, -0.2) is 9.55 Å². The van der Waals surface area contributed by atoms with Crippen molar-refractivity contribution in [3.8, 4) is 16.9 Å². The van der Waals surface area contributed by atoms with Gasteiger partial charge in [-0.05, 0) is 64.7 Å². The largest absolute Gasteiger partial charge is 0.448 e. The van der Waals surface area contributed by atoms with Crippen molar-refractivity contribution in [3.63, 3.8) is 0 Å². The van der Waals surface area contributed by atoms with Gasteiger partial charge in [-0.15, -0.1) is 11.3 Å². The minimum Gasteiger partial charge on any atom is -0.448 e. The Morgan fingerprint density at radius 2 is 1.51 bits per heavy atom. The fraction of sp³-hybridized carbons (Fsp3) is 0.0882. The zero-order valence-corrected chi connectivity index (χ0v) is 22.4. The van der Waals surface area contributed by atoms with Crippen LogP contribution in [0.5, 0.6) is 0 Å². The molecule has 8 rings (SSSR count). The van der Waals surface area contributed by atoms with Gasteiger partial charge in [0.05, 0.1) is 22.8 Å². The highest BCUT2D eigenvalue weighted by molar-refractivity contribution is 7.07. The molecule has 0 amide bonds. The Hall–Kier alpha value is -4.61. The molecule has 0 unspecified atom stereocenters. The fourth-order valence-corrected chi connectivity index (χ4v) is 6.81. The molecular weight excluding hydrogens is 498 g/mol. The normalized spacial score (nSPS) is 13.6. The van der Waals surface area contributed by atoms with Gasteiger partial charge in [0.1, 0.15) is 5.82 Å². The van der Waals surface area contributed by atoms with Crippen molar-refractivity contribution in [3.05, 3.63) is 125 Å². The Morgan fingerprint density at radius 3 is 2.36 bits per heavy atom. The van der Waals surface area contributed by atoms with Crippen LogP contribution >= 0.6 is 11.3 Å². The second-order valence-electron chi connectivity index (χ2n) is 10.6. The van der Waals surface area contributed by atoms with Gasteiger partial charge in [-0.3, -0.25) is 9.47 Å². The summed E-state index contributed by atoms with van der Waals surface area (Å²) in [6, 6.07) is 34.7. The van der Waals surface area contributed by atoms with Crippen LogP contribution in [0.4, 0.5) is 17.3 Å². The maximum absolute atomic E-state index is 6.01. The summed E-state index contributed by atoms with van der Waals surface area (Å²) in [4.78, 5) is 6.84. The van der Waals surface area contributed by atoms with E-state index >= 15 is 0 Å². The van der Waals surface area contributed by atoms with Gasteiger partial charge in [-0.1, -0.05) is 62.4 Å². The second-order valence-corrected chi connectivity index (χ2v) is 11.3. The Kier molecular flexibility index (Phi) is 4.70. The molecule has 7 aromatic rings. The third-order valence-corrected chi connectivity index (χ3v) is 8.69. The van der Waals surface area contributed by atoms with Crippen molar-refractivity contribution in [1.29, 1.82) is 0 Å². The molecular formula is C34H25N3OS. The number of hydrogen-bond donors (Lipinski definition) is 0. The van der Waals surface area contributed by atoms with Crippen molar-refractivity contribution in [2.75, 3.05) is 4.90 Å². The molecule has 0 fully saturated rings. The zero-order chi connectivity index (χ0) is 26.1. The predicted molar refractivity (Wildman–Crippen MR) is 161 cm³/mol. The van der Waals surface area contributed by atoms with Gasteiger partial charge >= 0.3 is 0 Å². The summed E-state index contributed by atoms with van der Waals surface area (Å²) in [5, 5.41) is 4.48. The summed E-state index contributed by atoms with van der Waals surface area (Å²) >= 11 is 1.61. The molecule has 5 heteroatoms. The van der Waals surface area contributed by atoms with Crippen molar-refractivity contribution in [1.82, 2.24) is 9.55 Å². The highest BCUT2D eigenvalue weighted by Crippen LogP contribution is 2.50. The molecule has 1 aliphatic carbocycles. The molecule has 0 radical (unpaired) electrons. The van der Waals surface area contributed by atoms with E-state index in [-0.39, 0.29) is 5.41 Å². The first-order chi connectivity index (χ1) is 19.1. The van der Waals surface area contributed by atoms with E-state index in [9.17, 15) is 0 Å². The van der Waals surface area contributed by atoms with E-state index in [2.05, 4.69) is 119 Å². The lowest BCUT2D eigenvalue weighted by atomic mass is 9.82. The number of aromatic nitrogens is 2. The first-order valence-electron chi connectivity index (χ1n) is 13.1. The van der Waals surface area contributed by atoms with E-state index in [1.54, 1.807) is 17.6 Å². The Balaban J connectivity index is 1.34. The number of thiazole rings is 1. The number of rotatable bonds is 4. The maximum Gasteiger partial charge on any atom is 0.204 e. The van der Waals surface area contributed by atoms with E-state index in [4.69, 9.17) is 4.42 Å². The van der Waals surface area contributed by atoms with Gasteiger partial charge in [0.2, 0.25) is 5.88 Å². The SMILES string of the molecule is CC1(C)c2ccccc2-c2ccc(N(c3ccc4c(c3)c3ccccc3n4-c3cscn3)c3ccco3)cc21. The molecule has 0 aliphatic heterocycles. The molecule has 0 atom stereocenters. The van der Waals surface area contributed by atoms with Crippen LogP contribution in [0.25, 0.3) is 38.8 Å². The fourth-order valence-electron chi connectivity index (χ4n) is 6.30. The van der Waals surface area contributed by atoms with Crippen molar-refractivity contribution in [2.45, 2.75) is 19.3 Å². The smallest absolute Gasteiger partial charge is 0.204 e. The molecule has 4 nitrogen and oxygen atoms in total. The van der Waals surface area contributed by atoms with E-state index in [0.717, 1.165) is 34.1 Å². The molecule has 0 bridgehead atoms. The Labute approximate surface area is 230 Å². The molecule has 188 valence electrons. The minimum atomic E-state index is -0.0817. The van der Waals surface area contributed by atoms with E-state index in [0.29, 0.717) is 0 Å². The molecule has 3 aromatic heterocycles. The molecule has 0 saturated heterocycles. The summed E-state index contributed by atoms with van der Waals surface area (Å²) < 4.78 is 8.26. The predicted octanol–water partition coefficient (Wildman–Crippen LogP) is 9.61. The molecule has 0 N–H and O–H groups in total. The summed E-state index contributed by atoms with van der Waals surface area (Å²) in [7, 11) is 0. The van der Waals surface area contributed by atoms with E-state index in [1.165, 1.54) is 33.0 Å². The highest BCUT2D eigenvalue weighted by atomic mass is 32.1. The van der Waals surface area contributed by atoms with Gasteiger partial charge in [0, 0.05) is 39.0 Å². The lowest BCUT2D eigenvalue weighted by Crippen LogP contribution is -2.16. The molecule has 3 heterocycles. The molecule has 0 saturated carbocycles. The molecule has 1 aliphatic rings. The van der Waals surface area contributed by atoms with Crippen LogP contribution in [0.2, 0.25) is 0 Å². The third-order valence-electron chi connectivity index (χ3n) is 8.11. The van der Waals surface area contributed by atoms with Crippen LogP contribution in [0.1, 0.15) is 25.0 Å². The lowest BCUT2D eigenvalue weighted by molar-refractivity contribution is 0.573. The molecule has 4 aromatic carbocycles. The number of fused-ring (bicyclic) bond motifs is 6. The lowest BCUT2D eigenvalue weighted by Gasteiger charge is -2.26. The van der Waals surface area contributed by atoms with Crippen molar-refractivity contribution < 1.29 is 4.42 Å². The quantitative estimate of drug-likeness (QED) is 0.230. The van der Waals surface area contributed by atoms with Crippen LogP contribution in [0.15, 0.2) is 119 Å². The Bertz CT molecular complexity index is 2000. The number of nitrogens with zero attached hydrogens (tertiary/aromatic N) is 3. The van der Waals surface area contributed by atoms with Gasteiger partial charge in [0.25, 0.3) is 0 Å². The molecule has 39 heavy (non-hydrogen) atoms. The van der Waals surface area contributed by atoms with Gasteiger partial charge < -0.3 is 4.42 Å². The minimum absolute atomic E-state index is 0.0817. The first kappa shape index (κ1) is 22.4. The number of para-hydroxylation sites is 1. The van der Waals surface area contributed by atoms with E-state index < -0.39 is 0 Å². The first-order valence-corrected chi connectivity index (χ1v) is 14.1. The van der Waals surface area contributed by atoms with Crippen LogP contribution in [0.3, 0.4) is 0 Å². The topological polar surface area (TPSA) is 34.2 Å². The average Bonchev–Trinajstić information content (AvgIpc) is 3.76. The standard InChI is InChI=1S/C34H25N3OS/c1-34(2)28-10-5-3-8-24(28)25-15-13-23(19-29(25)34)36(33-12-7-17-38-33)22-14-16-31-27(18-22)26-9-4-6-11-30(26)37(31)32-20-39-21-35-32/h3-21H,1-2H3. The van der Waals surface area contributed by atoms with Gasteiger partial charge in [-0.25, -0.2) is 4.98 Å². The van der Waals surface area contributed by atoms with Gasteiger partial charge in [0.15, 0.2) is 0 Å². The summed E-state index contributed by atoms with van der Waals surface area (Å²) in [6.07, 6.45) is 1.74. The number of hydrogen-bond acceptors (Lipinski definition) is 4. The number of benzene rings is 4. The van der Waals surface area contributed by atoms with E-state index in [1.807, 2.05) is 17.6 Å². The maximum atomic E-state index is 6.01. The third kappa shape index (κ3) is 3.20. The second kappa shape index (κ2) is 8.19. The number of furan rings is 1. The van der Waals surface area contributed by atoms with Gasteiger partial charge in [-0.2, -0.15) is 0 Å². The van der Waals surface area contributed by atoms with Crippen LogP contribution < -0.4 is 4.90 Å². The van der Waals surface area contributed by atoms with Crippen molar-refractivity contribution >= 4 is 50.4 Å². The summed E-state index contributed by atoms with van der Waals surface area (Å²) in [5.41, 5.74) is 11.5. The number of anilines is 3. The molecule has 0 spiro atoms. The highest BCUT2D eigenvalue weighted by Gasteiger charge is 2.35. The average molecular weight is 524 g/mol. The Morgan fingerprint density at radius 1 is 0.744 bits per heavy atom. The summed E-state index contributed by atoms with van der Waals surface area (Å²) in [6.45, 7) is 4.64. The zero-order valence-electron chi connectivity index (χ0n) is 21.6. The summed E-state index contributed by atoms with van der Waals surface area (Å²) in [5.74, 6) is 1.73.